The third-order valence-electron chi connectivity index (χ3n) is 6.33. The Balaban J connectivity index is 2.24. The van der Waals surface area contributed by atoms with Crippen LogP contribution in [-0.2, 0) is 4.79 Å². The van der Waals surface area contributed by atoms with Gasteiger partial charge in [-0.15, -0.1) is 0 Å². The molecule has 0 heterocycles. The molecule has 1 N–H and O–H groups in total. The molecule has 2 unspecified atom stereocenters. The fourth-order valence-corrected chi connectivity index (χ4v) is 4.62. The van der Waals surface area contributed by atoms with Crippen LogP contribution >= 0.6 is 23.2 Å². The van der Waals surface area contributed by atoms with Crippen LogP contribution in [0.4, 0.5) is 14.5 Å². The third kappa shape index (κ3) is 7.59. The second-order valence-electron chi connectivity index (χ2n) is 10.7. The standard InChI is InChI=1S/C31H31Cl2F2N3O2/c1-18-9-12-25(26(15-18)40-5)38-30(39)29(37-14-13-31(2,3)4)27(21-7-6-8-23(33)28(21)35)22(17-36)20-11-10-19(32)16-24(20)34/h6-12,14-16,22,27,29H,13H2,1-5H3,(H,38,39)/b37-14+/t22?,27-,29?/m1/s1. The normalized spacial score (nSPS) is 13.9. The summed E-state index contributed by atoms with van der Waals surface area (Å²) in [6.45, 7) is 7.88. The maximum absolute atomic E-state index is 15.6. The Kier molecular flexibility index (Phi) is 10.3. The maximum Gasteiger partial charge on any atom is 0.249 e. The van der Waals surface area contributed by atoms with Crippen molar-refractivity contribution in [2.24, 2.45) is 10.4 Å². The minimum Gasteiger partial charge on any atom is -0.495 e. The van der Waals surface area contributed by atoms with Gasteiger partial charge in [0.25, 0.3) is 0 Å². The molecule has 9 heteroatoms. The van der Waals surface area contributed by atoms with E-state index in [4.69, 9.17) is 27.9 Å². The van der Waals surface area contributed by atoms with Gasteiger partial charge < -0.3 is 10.1 Å². The number of hydrogen-bond acceptors (Lipinski definition) is 4. The van der Waals surface area contributed by atoms with Crippen molar-refractivity contribution in [1.29, 1.82) is 5.26 Å². The fourth-order valence-electron chi connectivity index (χ4n) is 4.28. The number of aliphatic imine (C=N–C) groups is 1. The predicted octanol–water partition coefficient (Wildman–Crippen LogP) is 8.49. The summed E-state index contributed by atoms with van der Waals surface area (Å²) in [5, 5.41) is 13.1. The van der Waals surface area contributed by atoms with E-state index < -0.39 is 35.4 Å². The Morgan fingerprint density at radius 3 is 2.48 bits per heavy atom. The first kappa shape index (κ1) is 31.1. The number of halogens is 4. The van der Waals surface area contributed by atoms with E-state index in [2.05, 4.69) is 16.4 Å². The van der Waals surface area contributed by atoms with Gasteiger partial charge in [-0.25, -0.2) is 8.78 Å². The van der Waals surface area contributed by atoms with Crippen LogP contribution in [0.25, 0.3) is 0 Å². The van der Waals surface area contributed by atoms with Gasteiger partial charge in [-0.3, -0.25) is 9.79 Å². The van der Waals surface area contributed by atoms with E-state index in [1.165, 1.54) is 37.4 Å². The first-order chi connectivity index (χ1) is 18.9. The van der Waals surface area contributed by atoms with Crippen LogP contribution in [0, 0.1) is 35.3 Å². The molecular formula is C31H31Cl2F2N3O2. The molecular weight excluding hydrogens is 555 g/mol. The van der Waals surface area contributed by atoms with Gasteiger partial charge in [-0.05, 0) is 60.2 Å². The number of ether oxygens (including phenoxy) is 1. The fraction of sp³-hybridized carbons (Fsp3) is 0.323. The summed E-state index contributed by atoms with van der Waals surface area (Å²) < 4.78 is 36.2. The van der Waals surface area contributed by atoms with Crippen molar-refractivity contribution in [3.05, 3.63) is 93.0 Å². The molecule has 3 rings (SSSR count). The van der Waals surface area contributed by atoms with Crippen molar-refractivity contribution in [1.82, 2.24) is 0 Å². The van der Waals surface area contributed by atoms with Crippen molar-refractivity contribution in [2.45, 2.75) is 52.0 Å². The number of carbonyl (C=O) groups is 1. The molecule has 3 aromatic carbocycles. The lowest BCUT2D eigenvalue weighted by atomic mass is 9.77. The van der Waals surface area contributed by atoms with Crippen LogP contribution in [0.5, 0.6) is 5.75 Å². The molecule has 0 aliphatic heterocycles. The van der Waals surface area contributed by atoms with E-state index in [1.807, 2.05) is 27.7 Å². The average Bonchev–Trinajstić information content (AvgIpc) is 2.88. The number of rotatable bonds is 9. The van der Waals surface area contributed by atoms with Crippen molar-refractivity contribution in [3.8, 4) is 11.8 Å². The third-order valence-corrected chi connectivity index (χ3v) is 6.86. The van der Waals surface area contributed by atoms with E-state index >= 15 is 8.78 Å². The smallest absolute Gasteiger partial charge is 0.249 e. The molecule has 40 heavy (non-hydrogen) atoms. The van der Waals surface area contributed by atoms with Crippen LogP contribution < -0.4 is 10.1 Å². The molecule has 0 radical (unpaired) electrons. The number of nitrogens with zero attached hydrogens (tertiary/aromatic N) is 2. The van der Waals surface area contributed by atoms with E-state index in [9.17, 15) is 10.1 Å². The molecule has 210 valence electrons. The Labute approximate surface area is 243 Å². The molecule has 0 saturated heterocycles. The summed E-state index contributed by atoms with van der Waals surface area (Å²) in [5.41, 5.74) is 1.02. The van der Waals surface area contributed by atoms with E-state index in [1.54, 1.807) is 24.4 Å². The zero-order valence-electron chi connectivity index (χ0n) is 22.9. The number of benzene rings is 3. The average molecular weight is 587 g/mol. The van der Waals surface area contributed by atoms with Gasteiger partial charge in [0.15, 0.2) is 0 Å². The highest BCUT2D eigenvalue weighted by Gasteiger charge is 2.40. The number of carbonyl (C=O) groups excluding carboxylic acids is 1. The van der Waals surface area contributed by atoms with Crippen LogP contribution in [0.3, 0.4) is 0 Å². The predicted molar refractivity (Wildman–Crippen MR) is 157 cm³/mol. The van der Waals surface area contributed by atoms with Crippen molar-refractivity contribution in [3.63, 3.8) is 0 Å². The molecule has 0 aromatic heterocycles. The first-order valence-electron chi connectivity index (χ1n) is 12.6. The van der Waals surface area contributed by atoms with E-state index in [0.717, 1.165) is 11.6 Å². The molecule has 0 fully saturated rings. The number of amides is 1. The molecule has 0 aliphatic carbocycles. The summed E-state index contributed by atoms with van der Waals surface area (Å²) >= 11 is 12.1. The Morgan fingerprint density at radius 1 is 1.12 bits per heavy atom. The van der Waals surface area contributed by atoms with Crippen molar-refractivity contribution >= 4 is 41.0 Å². The van der Waals surface area contributed by atoms with Gasteiger partial charge in [-0.2, -0.15) is 5.26 Å². The summed E-state index contributed by atoms with van der Waals surface area (Å²) in [4.78, 5) is 18.5. The second kappa shape index (κ2) is 13.3. The molecule has 1 amide bonds. The van der Waals surface area contributed by atoms with E-state index in [0.29, 0.717) is 17.9 Å². The summed E-state index contributed by atoms with van der Waals surface area (Å²) in [6.07, 6.45) is 2.07. The molecule has 0 saturated carbocycles. The Morgan fingerprint density at radius 2 is 1.85 bits per heavy atom. The molecule has 0 aliphatic rings. The van der Waals surface area contributed by atoms with Crippen LogP contribution in [-0.4, -0.2) is 25.3 Å². The number of nitrogens with one attached hydrogen (secondary N) is 1. The van der Waals surface area contributed by atoms with Gasteiger partial charge in [0.05, 0.1) is 29.8 Å². The van der Waals surface area contributed by atoms with E-state index in [-0.39, 0.29) is 26.6 Å². The van der Waals surface area contributed by atoms with Gasteiger partial charge in [0.1, 0.15) is 23.4 Å². The number of aryl methyl sites for hydroxylation is 1. The zero-order valence-corrected chi connectivity index (χ0v) is 24.4. The van der Waals surface area contributed by atoms with Crippen LogP contribution in [0.2, 0.25) is 10.0 Å². The summed E-state index contributed by atoms with van der Waals surface area (Å²) in [7, 11) is 1.47. The van der Waals surface area contributed by atoms with Gasteiger partial charge in [0, 0.05) is 22.7 Å². The Bertz CT molecular complexity index is 1450. The molecule has 3 aromatic rings. The maximum atomic E-state index is 15.6. The summed E-state index contributed by atoms with van der Waals surface area (Å²) in [5.74, 6) is -4.38. The topological polar surface area (TPSA) is 74.5 Å². The monoisotopic (exact) mass is 585 g/mol. The number of anilines is 1. The lowest BCUT2D eigenvalue weighted by molar-refractivity contribution is -0.117. The largest absolute Gasteiger partial charge is 0.495 e. The Hall–Kier alpha value is -3.47. The number of methoxy groups -OCH3 is 1. The number of nitriles is 1. The minimum atomic E-state index is -1.35. The molecule has 5 nitrogen and oxygen atoms in total. The van der Waals surface area contributed by atoms with Crippen LogP contribution in [0.15, 0.2) is 59.6 Å². The first-order valence-corrected chi connectivity index (χ1v) is 13.4. The summed E-state index contributed by atoms with van der Waals surface area (Å²) in [6, 6.07) is 14.1. The highest BCUT2D eigenvalue weighted by molar-refractivity contribution is 6.31. The lowest BCUT2D eigenvalue weighted by Crippen LogP contribution is -2.36. The quantitative estimate of drug-likeness (QED) is 0.256. The zero-order chi connectivity index (χ0) is 29.6. The van der Waals surface area contributed by atoms with Gasteiger partial charge in [0.2, 0.25) is 5.91 Å². The highest BCUT2D eigenvalue weighted by Crippen LogP contribution is 2.41. The van der Waals surface area contributed by atoms with Crippen molar-refractivity contribution < 1.29 is 18.3 Å². The van der Waals surface area contributed by atoms with Gasteiger partial charge >= 0.3 is 0 Å². The lowest BCUT2D eigenvalue weighted by Gasteiger charge is -2.29. The second-order valence-corrected chi connectivity index (χ2v) is 11.5. The highest BCUT2D eigenvalue weighted by atomic mass is 35.5. The number of hydrogen-bond donors (Lipinski definition) is 1. The molecule has 3 atom stereocenters. The van der Waals surface area contributed by atoms with Gasteiger partial charge in [-0.1, -0.05) is 68.2 Å². The minimum absolute atomic E-state index is 0.0441. The van der Waals surface area contributed by atoms with Crippen molar-refractivity contribution in [2.75, 3.05) is 12.4 Å². The van der Waals surface area contributed by atoms with Crippen LogP contribution in [0.1, 0.15) is 55.7 Å². The SMILES string of the molecule is COc1cc(C)ccc1NC(=O)C(/N=C/CC(C)(C)C)[C@H](c1cccc(Cl)c1F)C(C#N)c1ccc(Cl)cc1F. The molecule has 0 bridgehead atoms. The molecule has 0 spiro atoms.